The summed E-state index contributed by atoms with van der Waals surface area (Å²) in [4.78, 5) is 22.1. The van der Waals surface area contributed by atoms with Crippen molar-refractivity contribution in [3.05, 3.63) is 0 Å². The number of aliphatic hydroxyl groups is 1. The summed E-state index contributed by atoms with van der Waals surface area (Å²) in [6.45, 7) is 0.623. The summed E-state index contributed by atoms with van der Waals surface area (Å²) < 4.78 is 31.8. The van der Waals surface area contributed by atoms with Crippen LogP contribution in [0.25, 0.3) is 0 Å². The standard InChI is InChI=1S/C11H20N2O7S/c1-11(17,10(15)16)7-12-21(18,19)13-5-3-8(4-6-13)9(14)20-2/h8,12,17H,3-7H2,1-2H3,(H,15,16). The van der Waals surface area contributed by atoms with Gasteiger partial charge >= 0.3 is 11.9 Å². The number of hydrogen-bond acceptors (Lipinski definition) is 6. The van der Waals surface area contributed by atoms with Crippen molar-refractivity contribution in [1.29, 1.82) is 0 Å². The Labute approximate surface area is 123 Å². The van der Waals surface area contributed by atoms with Gasteiger partial charge in [0.1, 0.15) is 0 Å². The molecule has 1 fully saturated rings. The van der Waals surface area contributed by atoms with Gasteiger partial charge in [0.25, 0.3) is 10.2 Å². The van der Waals surface area contributed by atoms with E-state index in [2.05, 4.69) is 9.46 Å². The number of esters is 1. The summed E-state index contributed by atoms with van der Waals surface area (Å²) >= 11 is 0. The summed E-state index contributed by atoms with van der Waals surface area (Å²) in [5.41, 5.74) is -2.18. The summed E-state index contributed by atoms with van der Waals surface area (Å²) in [5.74, 6) is -2.22. The van der Waals surface area contributed by atoms with Gasteiger partial charge in [-0.3, -0.25) is 4.79 Å². The maximum absolute atomic E-state index is 12.0. The van der Waals surface area contributed by atoms with Crippen LogP contribution in [0.4, 0.5) is 0 Å². The first-order chi connectivity index (χ1) is 9.60. The SMILES string of the molecule is COC(=O)C1CCN(S(=O)(=O)NCC(C)(O)C(=O)O)CC1. The van der Waals surface area contributed by atoms with Gasteiger partial charge in [-0.25, -0.2) is 4.79 Å². The van der Waals surface area contributed by atoms with Gasteiger partial charge in [-0.1, -0.05) is 0 Å². The number of rotatable bonds is 6. The van der Waals surface area contributed by atoms with Crippen LogP contribution in [0.15, 0.2) is 0 Å². The lowest BCUT2D eigenvalue weighted by molar-refractivity contribution is -0.155. The van der Waals surface area contributed by atoms with Gasteiger partial charge in [0.15, 0.2) is 5.60 Å². The topological polar surface area (TPSA) is 133 Å². The highest BCUT2D eigenvalue weighted by atomic mass is 32.2. The van der Waals surface area contributed by atoms with Crippen molar-refractivity contribution in [2.75, 3.05) is 26.7 Å². The third-order valence-electron chi connectivity index (χ3n) is 3.39. The normalized spacial score (nSPS) is 20.7. The smallest absolute Gasteiger partial charge is 0.336 e. The van der Waals surface area contributed by atoms with E-state index in [-0.39, 0.29) is 25.0 Å². The van der Waals surface area contributed by atoms with E-state index >= 15 is 0 Å². The van der Waals surface area contributed by atoms with Gasteiger partial charge < -0.3 is 14.9 Å². The zero-order valence-corrected chi connectivity index (χ0v) is 12.7. The second kappa shape index (κ2) is 6.69. The maximum atomic E-state index is 12.0. The molecule has 0 saturated carbocycles. The molecular formula is C11H20N2O7S. The fourth-order valence-electron chi connectivity index (χ4n) is 1.90. The van der Waals surface area contributed by atoms with E-state index in [0.29, 0.717) is 12.8 Å². The molecule has 10 heteroatoms. The molecule has 0 bridgehead atoms. The quantitative estimate of drug-likeness (QED) is 0.508. The van der Waals surface area contributed by atoms with Crippen LogP contribution < -0.4 is 4.72 Å². The van der Waals surface area contributed by atoms with Gasteiger partial charge in [0, 0.05) is 13.1 Å². The average molecular weight is 324 g/mol. The summed E-state index contributed by atoms with van der Waals surface area (Å²) in [5, 5.41) is 18.2. The Morgan fingerprint density at radius 2 is 1.90 bits per heavy atom. The Balaban J connectivity index is 2.58. The molecule has 0 aromatic rings. The summed E-state index contributed by atoms with van der Waals surface area (Å²) in [7, 11) is -2.62. The summed E-state index contributed by atoms with van der Waals surface area (Å²) in [6, 6.07) is 0. The van der Waals surface area contributed by atoms with E-state index in [1.54, 1.807) is 0 Å². The van der Waals surface area contributed by atoms with Crippen LogP contribution in [0.1, 0.15) is 19.8 Å². The highest BCUT2D eigenvalue weighted by Gasteiger charge is 2.35. The van der Waals surface area contributed by atoms with Crippen LogP contribution in [-0.2, 0) is 24.5 Å². The molecule has 21 heavy (non-hydrogen) atoms. The number of carboxylic acid groups (broad SMARTS) is 1. The second-order valence-electron chi connectivity index (χ2n) is 5.10. The van der Waals surface area contributed by atoms with Gasteiger partial charge in [0.05, 0.1) is 19.6 Å². The largest absolute Gasteiger partial charge is 0.479 e. The molecule has 122 valence electrons. The molecule has 1 saturated heterocycles. The molecule has 0 amide bonds. The second-order valence-corrected chi connectivity index (χ2v) is 6.86. The predicted octanol–water partition coefficient (Wildman–Crippen LogP) is -1.46. The van der Waals surface area contributed by atoms with E-state index in [9.17, 15) is 23.1 Å². The van der Waals surface area contributed by atoms with E-state index in [1.165, 1.54) is 7.11 Å². The minimum absolute atomic E-state index is 0.129. The molecule has 3 N–H and O–H groups in total. The Morgan fingerprint density at radius 3 is 2.33 bits per heavy atom. The van der Waals surface area contributed by atoms with Gasteiger partial charge in [-0.05, 0) is 19.8 Å². The number of carboxylic acids is 1. The molecule has 1 unspecified atom stereocenters. The van der Waals surface area contributed by atoms with Crippen LogP contribution in [0, 0.1) is 5.92 Å². The van der Waals surface area contributed by atoms with E-state index in [4.69, 9.17) is 5.11 Å². The first-order valence-electron chi connectivity index (χ1n) is 6.38. The zero-order chi connectivity index (χ0) is 16.3. The molecule has 1 atom stereocenters. The van der Waals surface area contributed by atoms with Crippen molar-refractivity contribution < 1.29 is 33.0 Å². The number of hydrogen-bond donors (Lipinski definition) is 3. The van der Waals surface area contributed by atoms with Crippen molar-refractivity contribution in [3.63, 3.8) is 0 Å². The number of ether oxygens (including phenoxy) is 1. The fourth-order valence-corrected chi connectivity index (χ4v) is 3.23. The zero-order valence-electron chi connectivity index (χ0n) is 11.9. The van der Waals surface area contributed by atoms with Gasteiger partial charge in [0.2, 0.25) is 0 Å². The Morgan fingerprint density at radius 1 is 1.38 bits per heavy atom. The first-order valence-corrected chi connectivity index (χ1v) is 7.82. The molecule has 0 spiro atoms. The monoisotopic (exact) mass is 324 g/mol. The van der Waals surface area contributed by atoms with Crippen molar-refractivity contribution in [2.45, 2.75) is 25.4 Å². The lowest BCUT2D eigenvalue weighted by atomic mass is 9.99. The third kappa shape index (κ3) is 4.63. The predicted molar refractivity (Wildman–Crippen MR) is 71.5 cm³/mol. The minimum Gasteiger partial charge on any atom is -0.479 e. The van der Waals surface area contributed by atoms with E-state index < -0.39 is 28.3 Å². The minimum atomic E-state index is -3.90. The molecular weight excluding hydrogens is 304 g/mol. The van der Waals surface area contributed by atoms with Gasteiger partial charge in [-0.15, -0.1) is 0 Å². The summed E-state index contributed by atoms with van der Waals surface area (Å²) in [6.07, 6.45) is 0.672. The highest BCUT2D eigenvalue weighted by Crippen LogP contribution is 2.20. The van der Waals surface area contributed by atoms with E-state index in [1.807, 2.05) is 0 Å². The van der Waals surface area contributed by atoms with E-state index in [0.717, 1.165) is 11.2 Å². The van der Waals surface area contributed by atoms with Crippen LogP contribution >= 0.6 is 0 Å². The van der Waals surface area contributed by atoms with Crippen molar-refractivity contribution >= 4 is 22.1 Å². The average Bonchev–Trinajstić information content (AvgIpc) is 2.44. The lowest BCUT2D eigenvalue weighted by Crippen LogP contribution is -2.52. The molecule has 0 aliphatic carbocycles. The molecule has 0 radical (unpaired) electrons. The number of carbonyl (C=O) groups excluding carboxylic acids is 1. The van der Waals surface area contributed by atoms with Crippen molar-refractivity contribution in [3.8, 4) is 0 Å². The number of nitrogens with one attached hydrogen (secondary N) is 1. The van der Waals surface area contributed by atoms with Crippen molar-refractivity contribution in [2.24, 2.45) is 5.92 Å². The van der Waals surface area contributed by atoms with Crippen LogP contribution in [-0.4, -0.2) is 67.2 Å². The molecule has 1 aliphatic heterocycles. The molecule has 9 nitrogen and oxygen atoms in total. The number of aliphatic carboxylic acids is 1. The lowest BCUT2D eigenvalue weighted by Gasteiger charge is -2.30. The first kappa shape index (κ1) is 17.8. The van der Waals surface area contributed by atoms with Crippen LogP contribution in [0.5, 0.6) is 0 Å². The molecule has 1 aliphatic rings. The van der Waals surface area contributed by atoms with Gasteiger partial charge in [-0.2, -0.15) is 17.4 Å². The molecule has 0 aromatic carbocycles. The third-order valence-corrected chi connectivity index (χ3v) is 4.94. The Hall–Kier alpha value is -1.23. The molecule has 1 heterocycles. The highest BCUT2D eigenvalue weighted by molar-refractivity contribution is 7.87. The Kier molecular flexibility index (Phi) is 5.68. The van der Waals surface area contributed by atoms with Crippen LogP contribution in [0.3, 0.4) is 0 Å². The maximum Gasteiger partial charge on any atom is 0.336 e. The van der Waals surface area contributed by atoms with Crippen molar-refractivity contribution in [1.82, 2.24) is 9.03 Å². The Bertz CT molecular complexity index is 495. The molecule has 1 rings (SSSR count). The molecule has 0 aromatic heterocycles. The fraction of sp³-hybridized carbons (Fsp3) is 0.818. The number of carbonyl (C=O) groups is 2. The number of piperidine rings is 1. The number of nitrogens with zero attached hydrogens (tertiary/aromatic N) is 1. The number of methoxy groups -OCH3 is 1. The van der Waals surface area contributed by atoms with Crippen LogP contribution in [0.2, 0.25) is 0 Å².